The van der Waals surface area contributed by atoms with Crippen molar-refractivity contribution in [1.29, 1.82) is 0 Å². The summed E-state index contributed by atoms with van der Waals surface area (Å²) in [6, 6.07) is 21.7. The second-order valence-corrected chi connectivity index (χ2v) is 7.56. The second kappa shape index (κ2) is 9.01. The van der Waals surface area contributed by atoms with Crippen molar-refractivity contribution in [3.05, 3.63) is 88.9 Å². The Balaban J connectivity index is 1.47. The number of ether oxygens (including phenoxy) is 1. The van der Waals surface area contributed by atoms with Gasteiger partial charge in [-0.25, -0.2) is 0 Å². The number of carbonyl (C=O) groups is 2. The maximum Gasteiger partial charge on any atom is 0.255 e. The highest BCUT2D eigenvalue weighted by Crippen LogP contribution is 2.32. The van der Waals surface area contributed by atoms with E-state index in [0.29, 0.717) is 40.7 Å². The Morgan fingerprint density at radius 1 is 1.03 bits per heavy atom. The Kier molecular flexibility index (Phi) is 6.00. The fourth-order valence-corrected chi connectivity index (χ4v) is 3.52. The molecular weight excluding hydrogens is 400 g/mol. The van der Waals surface area contributed by atoms with Crippen LogP contribution in [0, 0.1) is 0 Å². The van der Waals surface area contributed by atoms with Gasteiger partial charge in [-0.3, -0.25) is 9.59 Å². The summed E-state index contributed by atoms with van der Waals surface area (Å²) >= 11 is 6.12. The van der Waals surface area contributed by atoms with Gasteiger partial charge in [-0.1, -0.05) is 41.9 Å². The topological polar surface area (TPSA) is 58.6 Å². The van der Waals surface area contributed by atoms with Gasteiger partial charge in [0.05, 0.1) is 5.69 Å². The van der Waals surface area contributed by atoms with Gasteiger partial charge in [0.1, 0.15) is 5.75 Å². The van der Waals surface area contributed by atoms with E-state index in [1.54, 1.807) is 30.3 Å². The third-order valence-corrected chi connectivity index (χ3v) is 5.16. The molecule has 1 aliphatic heterocycles. The number of nitrogens with one attached hydrogen (secondary N) is 1. The average Bonchev–Trinajstić information content (AvgIpc) is 3.15. The number of rotatable bonds is 6. The molecule has 0 bridgehead atoms. The zero-order chi connectivity index (χ0) is 20.9. The smallest absolute Gasteiger partial charge is 0.255 e. The molecule has 0 radical (unpaired) electrons. The van der Waals surface area contributed by atoms with Crippen molar-refractivity contribution in [2.45, 2.75) is 19.4 Å². The lowest BCUT2D eigenvalue weighted by Gasteiger charge is -2.16. The van der Waals surface area contributed by atoms with Gasteiger partial charge in [-0.2, -0.15) is 0 Å². The van der Waals surface area contributed by atoms with Gasteiger partial charge in [0.15, 0.2) is 5.75 Å². The van der Waals surface area contributed by atoms with Gasteiger partial charge in [-0.15, -0.1) is 0 Å². The normalized spacial score (nSPS) is 13.4. The molecule has 3 aromatic carbocycles. The fraction of sp³-hybridized carbons (Fsp3) is 0.167. The summed E-state index contributed by atoms with van der Waals surface area (Å²) in [5, 5.41) is 3.37. The first-order valence-corrected chi connectivity index (χ1v) is 10.2. The second-order valence-electron chi connectivity index (χ2n) is 7.13. The third-order valence-electron chi connectivity index (χ3n) is 4.92. The van der Waals surface area contributed by atoms with Crippen molar-refractivity contribution < 1.29 is 14.3 Å². The van der Waals surface area contributed by atoms with Crippen molar-refractivity contribution >= 4 is 29.1 Å². The number of likely N-dealkylation sites (tertiary alicyclic amines) is 1. The number of nitrogens with zero attached hydrogens (tertiary/aromatic N) is 1. The molecule has 0 unspecified atom stereocenters. The summed E-state index contributed by atoms with van der Waals surface area (Å²) in [6.07, 6.45) is 1.53. The van der Waals surface area contributed by atoms with Crippen LogP contribution in [0.3, 0.4) is 0 Å². The molecule has 0 saturated carbocycles. The van der Waals surface area contributed by atoms with E-state index < -0.39 is 0 Å². The fourth-order valence-electron chi connectivity index (χ4n) is 3.35. The number of benzene rings is 3. The van der Waals surface area contributed by atoms with E-state index in [4.69, 9.17) is 16.3 Å². The minimum absolute atomic E-state index is 0.184. The van der Waals surface area contributed by atoms with E-state index >= 15 is 0 Å². The number of amides is 2. The van der Waals surface area contributed by atoms with E-state index in [1.165, 1.54) is 0 Å². The summed E-state index contributed by atoms with van der Waals surface area (Å²) in [7, 11) is 0. The number of para-hydroxylation sites is 1. The van der Waals surface area contributed by atoms with Crippen LogP contribution in [-0.2, 0) is 11.3 Å². The Labute approximate surface area is 180 Å². The van der Waals surface area contributed by atoms with Crippen LogP contribution in [0.25, 0.3) is 0 Å². The first-order chi connectivity index (χ1) is 14.6. The standard InChI is InChI=1S/C24H21ClN2O3/c25-19-12-13-22(30-20-5-2-1-3-6-20)21(15-19)26-24(29)18-10-8-17(9-11-18)16-27-14-4-7-23(27)28/h1-3,5-6,8-13,15H,4,7,14,16H2,(H,26,29). The molecule has 5 nitrogen and oxygen atoms in total. The third kappa shape index (κ3) is 4.81. The number of carbonyl (C=O) groups excluding carboxylic acids is 2. The number of halogens is 1. The number of hydrogen-bond donors (Lipinski definition) is 1. The van der Waals surface area contributed by atoms with Crippen LogP contribution in [0.5, 0.6) is 11.5 Å². The Morgan fingerprint density at radius 3 is 2.50 bits per heavy atom. The van der Waals surface area contributed by atoms with Crippen LogP contribution in [0.15, 0.2) is 72.8 Å². The summed E-state index contributed by atoms with van der Waals surface area (Å²) in [5.74, 6) is 1.09. The van der Waals surface area contributed by atoms with Crippen molar-refractivity contribution in [1.82, 2.24) is 4.90 Å². The molecule has 4 rings (SSSR count). The van der Waals surface area contributed by atoms with Gasteiger partial charge >= 0.3 is 0 Å². The lowest BCUT2D eigenvalue weighted by Crippen LogP contribution is -2.23. The van der Waals surface area contributed by atoms with Crippen molar-refractivity contribution in [3.63, 3.8) is 0 Å². The summed E-state index contributed by atoms with van der Waals surface area (Å²) < 4.78 is 5.89. The molecule has 0 aliphatic carbocycles. The van der Waals surface area contributed by atoms with Crippen LogP contribution < -0.4 is 10.1 Å². The SMILES string of the molecule is O=C(Nc1cc(Cl)ccc1Oc1ccccc1)c1ccc(CN2CCCC2=O)cc1. The molecule has 1 aliphatic rings. The molecule has 1 heterocycles. The number of hydrogen-bond acceptors (Lipinski definition) is 3. The van der Waals surface area contributed by atoms with Gasteiger partial charge in [0.25, 0.3) is 5.91 Å². The maximum absolute atomic E-state index is 12.8. The molecule has 0 aromatic heterocycles. The minimum atomic E-state index is -0.265. The quantitative estimate of drug-likeness (QED) is 0.572. The lowest BCUT2D eigenvalue weighted by atomic mass is 10.1. The molecule has 3 aromatic rings. The highest BCUT2D eigenvalue weighted by molar-refractivity contribution is 6.31. The van der Waals surface area contributed by atoms with Crippen LogP contribution in [0.4, 0.5) is 5.69 Å². The molecule has 1 saturated heterocycles. The van der Waals surface area contributed by atoms with E-state index in [2.05, 4.69) is 5.32 Å². The Hall–Kier alpha value is -3.31. The van der Waals surface area contributed by atoms with E-state index in [9.17, 15) is 9.59 Å². The van der Waals surface area contributed by atoms with Crippen LogP contribution in [-0.4, -0.2) is 23.3 Å². The predicted octanol–water partition coefficient (Wildman–Crippen LogP) is 5.51. The van der Waals surface area contributed by atoms with E-state index in [-0.39, 0.29) is 11.8 Å². The predicted molar refractivity (Wildman–Crippen MR) is 117 cm³/mol. The van der Waals surface area contributed by atoms with Crippen LogP contribution in [0.2, 0.25) is 5.02 Å². The van der Waals surface area contributed by atoms with Gasteiger partial charge in [0.2, 0.25) is 5.91 Å². The lowest BCUT2D eigenvalue weighted by molar-refractivity contribution is -0.128. The van der Waals surface area contributed by atoms with Gasteiger partial charge in [-0.05, 0) is 54.4 Å². The van der Waals surface area contributed by atoms with Crippen molar-refractivity contribution in [3.8, 4) is 11.5 Å². The van der Waals surface area contributed by atoms with Crippen molar-refractivity contribution in [2.24, 2.45) is 0 Å². The summed E-state index contributed by atoms with van der Waals surface area (Å²) in [4.78, 5) is 26.4. The Bertz CT molecular complexity index is 1050. The summed E-state index contributed by atoms with van der Waals surface area (Å²) in [6.45, 7) is 1.37. The van der Waals surface area contributed by atoms with E-state index in [1.807, 2.05) is 47.4 Å². The molecule has 0 atom stereocenters. The largest absolute Gasteiger partial charge is 0.455 e. The van der Waals surface area contributed by atoms with Crippen molar-refractivity contribution in [2.75, 3.05) is 11.9 Å². The van der Waals surface area contributed by atoms with Crippen LogP contribution in [0.1, 0.15) is 28.8 Å². The molecule has 0 spiro atoms. The highest BCUT2D eigenvalue weighted by Gasteiger charge is 2.20. The molecular formula is C24H21ClN2O3. The molecule has 30 heavy (non-hydrogen) atoms. The Morgan fingerprint density at radius 2 is 1.80 bits per heavy atom. The zero-order valence-corrected chi connectivity index (χ0v) is 17.1. The average molecular weight is 421 g/mol. The zero-order valence-electron chi connectivity index (χ0n) is 16.3. The first-order valence-electron chi connectivity index (χ1n) is 9.79. The highest BCUT2D eigenvalue weighted by atomic mass is 35.5. The maximum atomic E-state index is 12.8. The minimum Gasteiger partial charge on any atom is -0.455 e. The van der Waals surface area contributed by atoms with Gasteiger partial charge in [0, 0.05) is 30.1 Å². The monoisotopic (exact) mass is 420 g/mol. The van der Waals surface area contributed by atoms with E-state index in [0.717, 1.165) is 18.5 Å². The van der Waals surface area contributed by atoms with Crippen LogP contribution >= 0.6 is 11.6 Å². The molecule has 6 heteroatoms. The molecule has 1 fully saturated rings. The molecule has 2 amide bonds. The summed E-state index contributed by atoms with van der Waals surface area (Å²) in [5.41, 5.74) is 2.00. The molecule has 1 N–H and O–H groups in total. The van der Waals surface area contributed by atoms with Gasteiger partial charge < -0.3 is 15.0 Å². The number of anilines is 1. The molecule has 152 valence electrons. The first kappa shape index (κ1) is 20.0.